The summed E-state index contributed by atoms with van der Waals surface area (Å²) in [5.41, 5.74) is 0.0834. The van der Waals surface area contributed by atoms with Crippen molar-refractivity contribution in [1.82, 2.24) is 0 Å². The third kappa shape index (κ3) is 3.35. The Morgan fingerprint density at radius 1 is 1.55 bits per heavy atom. The van der Waals surface area contributed by atoms with Crippen LogP contribution in [0, 0.1) is 11.3 Å². The molecule has 0 radical (unpaired) electrons. The Kier molecular flexibility index (Phi) is 3.50. The first-order chi connectivity index (χ1) is 4.89. The van der Waals surface area contributed by atoms with Crippen molar-refractivity contribution in [2.45, 2.75) is 34.1 Å². The Bertz CT molecular complexity index is 151. The van der Waals surface area contributed by atoms with Gasteiger partial charge < -0.3 is 0 Å². The molecule has 0 aliphatic heterocycles. The second kappa shape index (κ2) is 3.70. The van der Waals surface area contributed by atoms with Crippen LogP contribution >= 0.6 is 0 Å². The van der Waals surface area contributed by atoms with E-state index < -0.39 is 0 Å². The maximum atomic E-state index is 11.3. The Hall–Kier alpha value is -0.590. The van der Waals surface area contributed by atoms with Crippen LogP contribution in [0.15, 0.2) is 12.7 Å². The molecule has 0 aromatic rings. The molecule has 1 unspecified atom stereocenters. The van der Waals surface area contributed by atoms with Crippen LogP contribution in [0.1, 0.15) is 34.1 Å². The van der Waals surface area contributed by atoms with Gasteiger partial charge in [-0.1, -0.05) is 33.8 Å². The summed E-state index contributed by atoms with van der Waals surface area (Å²) in [6, 6.07) is 0. The maximum absolute atomic E-state index is 11.3. The van der Waals surface area contributed by atoms with Crippen LogP contribution in [0.2, 0.25) is 0 Å². The zero-order valence-electron chi connectivity index (χ0n) is 7.98. The summed E-state index contributed by atoms with van der Waals surface area (Å²) in [4.78, 5) is 11.3. The molecule has 0 fully saturated rings. The predicted octanol–water partition coefficient (Wildman–Crippen LogP) is 2.81. The summed E-state index contributed by atoms with van der Waals surface area (Å²) in [6.07, 6.45) is 2.17. The number of Topliss-reactive ketones (excluding diaryl/α,β-unsaturated/α-hetero) is 1. The first kappa shape index (κ1) is 10.4. The zero-order chi connectivity index (χ0) is 9.07. The van der Waals surface area contributed by atoms with Crippen LogP contribution in [0.25, 0.3) is 0 Å². The minimum absolute atomic E-state index is 0.0834. The predicted molar refractivity (Wildman–Crippen MR) is 48.4 cm³/mol. The van der Waals surface area contributed by atoms with Gasteiger partial charge in [0.25, 0.3) is 0 Å². The minimum atomic E-state index is 0.0834. The van der Waals surface area contributed by atoms with Gasteiger partial charge in [-0.05, 0) is 5.41 Å². The highest BCUT2D eigenvalue weighted by atomic mass is 16.1. The van der Waals surface area contributed by atoms with Crippen LogP contribution in [0.3, 0.4) is 0 Å². The molecular weight excluding hydrogens is 136 g/mol. The molecule has 0 aliphatic rings. The number of rotatable bonds is 3. The lowest BCUT2D eigenvalue weighted by Crippen LogP contribution is -2.25. The molecule has 0 amide bonds. The van der Waals surface area contributed by atoms with E-state index >= 15 is 0 Å². The molecule has 0 spiro atoms. The number of ketones is 1. The number of carbonyl (C=O) groups is 1. The van der Waals surface area contributed by atoms with Gasteiger partial charge in [-0.25, -0.2) is 0 Å². The molecule has 1 atom stereocenters. The van der Waals surface area contributed by atoms with Crippen molar-refractivity contribution in [2.75, 3.05) is 0 Å². The number of allylic oxidation sites excluding steroid dienone is 1. The summed E-state index contributed by atoms with van der Waals surface area (Å²) in [5.74, 6) is 0.410. The molecule has 64 valence electrons. The van der Waals surface area contributed by atoms with Gasteiger partial charge in [0.2, 0.25) is 0 Å². The smallest absolute Gasteiger partial charge is 0.139 e. The molecular formula is C10H18O. The summed E-state index contributed by atoms with van der Waals surface area (Å²) in [7, 11) is 0. The molecule has 0 heterocycles. The monoisotopic (exact) mass is 154 g/mol. The van der Waals surface area contributed by atoms with E-state index in [4.69, 9.17) is 0 Å². The molecule has 0 saturated heterocycles. The van der Waals surface area contributed by atoms with Gasteiger partial charge in [-0.15, -0.1) is 6.58 Å². The van der Waals surface area contributed by atoms with Gasteiger partial charge >= 0.3 is 0 Å². The molecule has 0 N–H and O–H groups in total. The van der Waals surface area contributed by atoms with E-state index in [1.165, 1.54) is 0 Å². The average molecular weight is 154 g/mol. The maximum Gasteiger partial charge on any atom is 0.139 e. The van der Waals surface area contributed by atoms with Crippen LogP contribution in [-0.2, 0) is 4.79 Å². The van der Waals surface area contributed by atoms with Gasteiger partial charge in [0, 0.05) is 12.3 Å². The van der Waals surface area contributed by atoms with E-state index in [2.05, 4.69) is 27.4 Å². The van der Waals surface area contributed by atoms with Crippen LogP contribution in [0.5, 0.6) is 0 Å². The Morgan fingerprint density at radius 2 is 2.00 bits per heavy atom. The Morgan fingerprint density at radius 3 is 2.27 bits per heavy atom. The zero-order valence-corrected chi connectivity index (χ0v) is 7.98. The largest absolute Gasteiger partial charge is 0.299 e. The standard InChI is InChI=1S/C10H18O/c1-6-7-9(11)8(2)10(3,4)5/h6,8H,1,7H2,2-5H3. The molecule has 1 nitrogen and oxygen atoms in total. The van der Waals surface area contributed by atoms with Crippen LogP contribution in [-0.4, -0.2) is 5.78 Å². The van der Waals surface area contributed by atoms with Crippen molar-refractivity contribution in [1.29, 1.82) is 0 Å². The number of hydrogen-bond acceptors (Lipinski definition) is 1. The molecule has 0 bridgehead atoms. The molecule has 0 aromatic carbocycles. The average Bonchev–Trinajstić information content (AvgIpc) is 1.85. The Balaban J connectivity index is 4.13. The SMILES string of the molecule is C=CCC(=O)C(C)C(C)(C)C. The second-order valence-corrected chi connectivity index (χ2v) is 4.05. The van der Waals surface area contributed by atoms with Crippen molar-refractivity contribution in [3.05, 3.63) is 12.7 Å². The van der Waals surface area contributed by atoms with Gasteiger partial charge in [0.15, 0.2) is 0 Å². The van der Waals surface area contributed by atoms with Crippen LogP contribution < -0.4 is 0 Å². The molecule has 0 rings (SSSR count). The molecule has 0 aliphatic carbocycles. The van der Waals surface area contributed by atoms with Gasteiger partial charge in [0.1, 0.15) is 5.78 Å². The highest BCUT2D eigenvalue weighted by molar-refractivity contribution is 5.82. The normalized spacial score (nSPS) is 14.2. The van der Waals surface area contributed by atoms with E-state index in [1.54, 1.807) is 6.08 Å². The quantitative estimate of drug-likeness (QED) is 0.571. The fourth-order valence-electron chi connectivity index (χ4n) is 0.802. The first-order valence-electron chi connectivity index (χ1n) is 4.03. The minimum Gasteiger partial charge on any atom is -0.299 e. The van der Waals surface area contributed by atoms with E-state index in [0.717, 1.165) is 0 Å². The van der Waals surface area contributed by atoms with Gasteiger partial charge in [-0.3, -0.25) is 4.79 Å². The topological polar surface area (TPSA) is 17.1 Å². The van der Waals surface area contributed by atoms with E-state index in [-0.39, 0.29) is 17.1 Å². The molecule has 11 heavy (non-hydrogen) atoms. The van der Waals surface area contributed by atoms with E-state index in [9.17, 15) is 4.79 Å². The van der Waals surface area contributed by atoms with Crippen molar-refractivity contribution < 1.29 is 4.79 Å². The molecule has 0 saturated carbocycles. The van der Waals surface area contributed by atoms with Crippen molar-refractivity contribution >= 4 is 5.78 Å². The lowest BCUT2D eigenvalue weighted by atomic mass is 9.79. The number of hydrogen-bond donors (Lipinski definition) is 0. The fourth-order valence-corrected chi connectivity index (χ4v) is 0.802. The first-order valence-corrected chi connectivity index (χ1v) is 4.03. The lowest BCUT2D eigenvalue weighted by molar-refractivity contribution is -0.124. The summed E-state index contributed by atoms with van der Waals surface area (Å²) >= 11 is 0. The third-order valence-corrected chi connectivity index (χ3v) is 2.13. The summed E-state index contributed by atoms with van der Waals surface area (Å²) in [5, 5.41) is 0. The van der Waals surface area contributed by atoms with Gasteiger partial charge in [0.05, 0.1) is 0 Å². The lowest BCUT2D eigenvalue weighted by Gasteiger charge is -2.25. The summed E-state index contributed by atoms with van der Waals surface area (Å²) < 4.78 is 0. The highest BCUT2D eigenvalue weighted by Gasteiger charge is 2.25. The van der Waals surface area contributed by atoms with Gasteiger partial charge in [-0.2, -0.15) is 0 Å². The third-order valence-electron chi connectivity index (χ3n) is 2.13. The highest BCUT2D eigenvalue weighted by Crippen LogP contribution is 2.26. The summed E-state index contributed by atoms with van der Waals surface area (Å²) in [6.45, 7) is 11.8. The molecule has 1 heteroatoms. The van der Waals surface area contributed by atoms with Crippen molar-refractivity contribution in [2.24, 2.45) is 11.3 Å². The van der Waals surface area contributed by atoms with Crippen molar-refractivity contribution in [3.8, 4) is 0 Å². The number of carbonyl (C=O) groups excluding carboxylic acids is 1. The Labute approximate surface area is 69.5 Å². The van der Waals surface area contributed by atoms with E-state index in [1.807, 2.05) is 6.92 Å². The van der Waals surface area contributed by atoms with E-state index in [0.29, 0.717) is 6.42 Å². The fraction of sp³-hybridized carbons (Fsp3) is 0.700. The molecule has 0 aromatic heterocycles. The second-order valence-electron chi connectivity index (χ2n) is 4.05. The van der Waals surface area contributed by atoms with Crippen molar-refractivity contribution in [3.63, 3.8) is 0 Å². The van der Waals surface area contributed by atoms with Crippen LogP contribution in [0.4, 0.5) is 0 Å².